The van der Waals surface area contributed by atoms with Crippen LogP contribution in [0.15, 0.2) is 24.3 Å². The van der Waals surface area contributed by atoms with Crippen LogP contribution in [0.2, 0.25) is 0 Å². The number of aliphatic hydroxyl groups excluding tert-OH is 1. The van der Waals surface area contributed by atoms with Crippen LogP contribution in [0.1, 0.15) is 0 Å². The number of likely N-dealkylation sites (N-methyl/N-ethyl adjacent to an activating group) is 1. The van der Waals surface area contributed by atoms with Crippen molar-refractivity contribution in [3.63, 3.8) is 0 Å². The lowest BCUT2D eigenvalue weighted by Gasteiger charge is -2.30. The number of hydrogen-bond acceptors (Lipinski definition) is 5. The molecule has 5 nitrogen and oxygen atoms in total. The number of ether oxygens (including phenoxy) is 1. The highest BCUT2D eigenvalue weighted by atomic mass is 16.5. The van der Waals surface area contributed by atoms with Crippen LogP contribution in [0, 0.1) is 0 Å². The first-order valence-corrected chi connectivity index (χ1v) is 7.53. The molecule has 1 aromatic rings. The highest BCUT2D eigenvalue weighted by Gasteiger charge is 2.16. The molecule has 1 heterocycles. The van der Waals surface area contributed by atoms with Crippen LogP contribution < -0.4 is 9.80 Å². The standard InChI is InChI=1S/C16H27N3O2/c1-17(2)14-4-6-15(7-5-14)18(3)12-16(20)13-19-8-10-21-11-9-19/h4-7,16,20H,8-13H2,1-3H3. The van der Waals surface area contributed by atoms with Crippen LogP contribution >= 0.6 is 0 Å². The van der Waals surface area contributed by atoms with Crippen molar-refractivity contribution in [2.45, 2.75) is 6.10 Å². The maximum absolute atomic E-state index is 10.2. The van der Waals surface area contributed by atoms with E-state index in [9.17, 15) is 5.11 Å². The van der Waals surface area contributed by atoms with E-state index < -0.39 is 0 Å². The number of aliphatic hydroxyl groups is 1. The van der Waals surface area contributed by atoms with E-state index in [1.807, 2.05) is 21.1 Å². The molecule has 118 valence electrons. The molecule has 0 bridgehead atoms. The Hall–Kier alpha value is -1.30. The van der Waals surface area contributed by atoms with Crippen molar-refractivity contribution in [3.05, 3.63) is 24.3 Å². The van der Waals surface area contributed by atoms with Gasteiger partial charge in [0, 0.05) is 58.7 Å². The maximum atomic E-state index is 10.2. The van der Waals surface area contributed by atoms with Crippen LogP contribution in [0.4, 0.5) is 11.4 Å². The van der Waals surface area contributed by atoms with E-state index in [1.54, 1.807) is 0 Å². The smallest absolute Gasteiger partial charge is 0.0841 e. The highest BCUT2D eigenvalue weighted by molar-refractivity contribution is 5.55. The van der Waals surface area contributed by atoms with Crippen molar-refractivity contribution in [2.24, 2.45) is 0 Å². The Balaban J connectivity index is 1.83. The zero-order chi connectivity index (χ0) is 15.2. The van der Waals surface area contributed by atoms with Crippen molar-refractivity contribution in [1.29, 1.82) is 0 Å². The minimum absolute atomic E-state index is 0.346. The fourth-order valence-electron chi connectivity index (χ4n) is 2.57. The van der Waals surface area contributed by atoms with Gasteiger partial charge in [-0.3, -0.25) is 4.90 Å². The molecule has 2 rings (SSSR count). The molecule has 0 saturated carbocycles. The zero-order valence-corrected chi connectivity index (χ0v) is 13.3. The SMILES string of the molecule is CN(C)c1ccc(N(C)CC(O)CN2CCOCC2)cc1. The third-order valence-electron chi connectivity index (χ3n) is 3.86. The summed E-state index contributed by atoms with van der Waals surface area (Å²) in [5.74, 6) is 0. The van der Waals surface area contributed by atoms with E-state index in [0.29, 0.717) is 13.1 Å². The lowest BCUT2D eigenvalue weighted by Crippen LogP contribution is -2.44. The van der Waals surface area contributed by atoms with Gasteiger partial charge in [-0.15, -0.1) is 0 Å². The number of morpholine rings is 1. The first kappa shape index (κ1) is 16.1. The molecule has 1 unspecified atom stereocenters. The maximum Gasteiger partial charge on any atom is 0.0841 e. The summed E-state index contributed by atoms with van der Waals surface area (Å²) in [5, 5.41) is 10.2. The minimum atomic E-state index is -0.346. The number of benzene rings is 1. The molecular weight excluding hydrogens is 266 g/mol. The summed E-state index contributed by atoms with van der Waals surface area (Å²) in [7, 11) is 6.09. The van der Waals surface area contributed by atoms with Gasteiger partial charge in [-0.25, -0.2) is 0 Å². The van der Waals surface area contributed by atoms with Crippen molar-refractivity contribution in [1.82, 2.24) is 4.90 Å². The van der Waals surface area contributed by atoms with Gasteiger partial charge in [-0.05, 0) is 24.3 Å². The summed E-state index contributed by atoms with van der Waals surface area (Å²) in [6.45, 7) is 4.72. The predicted octanol–water partition coefficient (Wildman–Crippen LogP) is 0.882. The number of β-amino-alcohol motifs (C(OH)–C–C–N with tert-alkyl or cyclic N) is 1. The topological polar surface area (TPSA) is 39.2 Å². The van der Waals surface area contributed by atoms with Crippen molar-refractivity contribution in [2.75, 3.05) is 70.3 Å². The molecule has 0 amide bonds. The molecule has 1 N–H and O–H groups in total. The van der Waals surface area contributed by atoms with Gasteiger partial charge >= 0.3 is 0 Å². The Morgan fingerprint density at radius 1 is 1.10 bits per heavy atom. The lowest BCUT2D eigenvalue weighted by atomic mass is 10.2. The van der Waals surface area contributed by atoms with Crippen molar-refractivity contribution < 1.29 is 9.84 Å². The molecule has 21 heavy (non-hydrogen) atoms. The Morgan fingerprint density at radius 2 is 1.67 bits per heavy atom. The number of rotatable bonds is 6. The highest BCUT2D eigenvalue weighted by Crippen LogP contribution is 2.18. The molecule has 5 heteroatoms. The Kier molecular flexibility index (Phi) is 5.85. The summed E-state index contributed by atoms with van der Waals surface area (Å²) in [5.41, 5.74) is 2.31. The van der Waals surface area contributed by atoms with Crippen LogP contribution in [0.3, 0.4) is 0 Å². The van der Waals surface area contributed by atoms with E-state index >= 15 is 0 Å². The Morgan fingerprint density at radius 3 is 2.24 bits per heavy atom. The van der Waals surface area contributed by atoms with Gasteiger partial charge in [0.1, 0.15) is 0 Å². The largest absolute Gasteiger partial charge is 0.390 e. The van der Waals surface area contributed by atoms with Gasteiger partial charge in [0.15, 0.2) is 0 Å². The average Bonchev–Trinajstić information content (AvgIpc) is 2.48. The second-order valence-electron chi connectivity index (χ2n) is 5.86. The molecule has 1 fully saturated rings. The van der Waals surface area contributed by atoms with Gasteiger partial charge in [-0.1, -0.05) is 0 Å². The third-order valence-corrected chi connectivity index (χ3v) is 3.86. The summed E-state index contributed by atoms with van der Waals surface area (Å²) in [4.78, 5) is 6.44. The third kappa shape index (κ3) is 4.88. The molecule has 0 aromatic heterocycles. The first-order chi connectivity index (χ1) is 10.1. The van der Waals surface area contributed by atoms with Crippen molar-refractivity contribution >= 4 is 11.4 Å². The Labute approximate surface area is 127 Å². The molecule has 0 radical (unpaired) electrons. The summed E-state index contributed by atoms with van der Waals surface area (Å²) >= 11 is 0. The van der Waals surface area contributed by atoms with Gasteiger partial charge in [0.2, 0.25) is 0 Å². The first-order valence-electron chi connectivity index (χ1n) is 7.53. The van der Waals surface area contributed by atoms with E-state index in [1.165, 1.54) is 5.69 Å². The molecule has 1 saturated heterocycles. The van der Waals surface area contributed by atoms with Gasteiger partial charge in [0.05, 0.1) is 19.3 Å². The quantitative estimate of drug-likeness (QED) is 0.843. The van der Waals surface area contributed by atoms with Crippen molar-refractivity contribution in [3.8, 4) is 0 Å². The monoisotopic (exact) mass is 293 g/mol. The number of nitrogens with zero attached hydrogens (tertiary/aromatic N) is 3. The fourth-order valence-corrected chi connectivity index (χ4v) is 2.57. The number of anilines is 2. The van der Waals surface area contributed by atoms with Gasteiger partial charge in [0.25, 0.3) is 0 Å². The van der Waals surface area contributed by atoms with Crippen LogP contribution in [0.25, 0.3) is 0 Å². The second kappa shape index (κ2) is 7.64. The van der Waals surface area contributed by atoms with Gasteiger partial charge in [-0.2, -0.15) is 0 Å². The minimum Gasteiger partial charge on any atom is -0.390 e. The summed E-state index contributed by atoms with van der Waals surface area (Å²) in [6, 6.07) is 8.38. The van der Waals surface area contributed by atoms with Crippen LogP contribution in [-0.4, -0.2) is 76.6 Å². The van der Waals surface area contributed by atoms with E-state index in [2.05, 4.69) is 39.0 Å². The van der Waals surface area contributed by atoms with Crippen LogP contribution in [0.5, 0.6) is 0 Å². The molecule has 1 aromatic carbocycles. The van der Waals surface area contributed by atoms with E-state index in [-0.39, 0.29) is 6.10 Å². The molecule has 0 spiro atoms. The molecule has 1 atom stereocenters. The molecule has 1 aliphatic rings. The summed E-state index contributed by atoms with van der Waals surface area (Å²) in [6.07, 6.45) is -0.346. The van der Waals surface area contributed by atoms with Crippen LogP contribution in [-0.2, 0) is 4.74 Å². The van der Waals surface area contributed by atoms with E-state index in [0.717, 1.165) is 32.0 Å². The number of hydrogen-bond donors (Lipinski definition) is 1. The lowest BCUT2D eigenvalue weighted by molar-refractivity contribution is 0.0162. The normalized spacial score (nSPS) is 17.5. The summed E-state index contributed by atoms with van der Waals surface area (Å²) < 4.78 is 5.32. The molecule has 1 aliphatic heterocycles. The van der Waals surface area contributed by atoms with E-state index in [4.69, 9.17) is 4.74 Å². The molecular formula is C16H27N3O2. The average molecular weight is 293 g/mol. The zero-order valence-electron chi connectivity index (χ0n) is 13.3. The Bertz CT molecular complexity index is 416. The van der Waals surface area contributed by atoms with Gasteiger partial charge < -0.3 is 19.6 Å². The second-order valence-corrected chi connectivity index (χ2v) is 5.86. The fraction of sp³-hybridized carbons (Fsp3) is 0.625. The molecule has 0 aliphatic carbocycles. The predicted molar refractivity (Wildman–Crippen MR) is 87.3 cm³/mol.